The van der Waals surface area contributed by atoms with Crippen LogP contribution in [0.4, 0.5) is 0 Å². The van der Waals surface area contributed by atoms with Crippen molar-refractivity contribution >= 4 is 27.4 Å². The van der Waals surface area contributed by atoms with Crippen LogP contribution in [0.5, 0.6) is 0 Å². The molecule has 0 bridgehead atoms. The molecule has 0 saturated carbocycles. The lowest BCUT2D eigenvalue weighted by Gasteiger charge is -2.31. The van der Waals surface area contributed by atoms with E-state index >= 15 is 0 Å². The highest BCUT2D eigenvalue weighted by Gasteiger charge is 2.41. The number of para-hydroxylation sites is 1. The number of rotatable bonds is 2. The summed E-state index contributed by atoms with van der Waals surface area (Å²) in [7, 11) is 0. The number of aromatic nitrogens is 1. The third kappa shape index (κ3) is 3.50. The Morgan fingerprint density at radius 2 is 1.35 bits per heavy atom. The summed E-state index contributed by atoms with van der Waals surface area (Å²) in [6.07, 6.45) is 8.12. The van der Waals surface area contributed by atoms with Crippen LogP contribution in [0.2, 0.25) is 0 Å². The number of nitrogens with zero attached hydrogens (tertiary/aromatic N) is 1. The number of hydrogen-bond donors (Lipinski definition) is 0. The zero-order chi connectivity index (χ0) is 32.6. The predicted molar refractivity (Wildman–Crippen MR) is 205 cm³/mol. The Bertz CT molecular complexity index is 2670. The van der Waals surface area contributed by atoms with E-state index in [2.05, 4.69) is 159 Å². The standard InChI is InChI=1S/C48H37N/c1-47(2)41-17-8-6-14-37(41)39-21-22-40-38-15-7-9-18-43(38)49(46(40)45(39)47)34-20-19-31-27-33-26-30(23-24-48(33,3)42(31)28-34)36-16-10-12-32-25-29-11-4-5-13-35(29)44(32)36/h4-23,26,28H,24-25,27H2,1-3H3. The SMILES string of the molecule is CC12CC=C(c3cccc4c3-c3ccccc3C4)C=C1Cc1ccc(-n3c4ccccc4c4ccc5c(c43)C(C)(C)c3ccccc3-5)cc12. The predicted octanol–water partition coefficient (Wildman–Crippen LogP) is 11.9. The van der Waals surface area contributed by atoms with Gasteiger partial charge in [-0.1, -0.05) is 142 Å². The van der Waals surface area contributed by atoms with Crippen molar-refractivity contribution in [3.63, 3.8) is 0 Å². The summed E-state index contributed by atoms with van der Waals surface area (Å²) in [6, 6.07) is 46.0. The van der Waals surface area contributed by atoms with Gasteiger partial charge in [0.1, 0.15) is 0 Å². The number of benzene rings is 6. The Hall–Kier alpha value is -5.40. The summed E-state index contributed by atoms with van der Waals surface area (Å²) < 4.78 is 2.58. The molecule has 4 aliphatic rings. The quantitative estimate of drug-likeness (QED) is 0.180. The van der Waals surface area contributed by atoms with Crippen LogP contribution in [0.1, 0.15) is 66.1 Å². The molecule has 1 atom stereocenters. The summed E-state index contributed by atoms with van der Waals surface area (Å²) in [5, 5.41) is 2.66. The molecule has 6 aromatic carbocycles. The lowest BCUT2D eigenvalue weighted by atomic mass is 9.73. The van der Waals surface area contributed by atoms with E-state index in [1.807, 2.05) is 0 Å². The second kappa shape index (κ2) is 9.39. The molecule has 7 aromatic rings. The van der Waals surface area contributed by atoms with Crippen molar-refractivity contribution in [2.45, 2.75) is 50.9 Å². The maximum atomic E-state index is 2.58. The third-order valence-electron chi connectivity index (χ3n) is 12.6. The zero-order valence-electron chi connectivity index (χ0n) is 28.3. The van der Waals surface area contributed by atoms with Crippen LogP contribution in [0.3, 0.4) is 0 Å². The Morgan fingerprint density at radius 3 is 2.27 bits per heavy atom. The highest BCUT2D eigenvalue weighted by Crippen LogP contribution is 2.54. The largest absolute Gasteiger partial charge is 0.309 e. The molecule has 1 heteroatoms. The molecule has 1 nitrogen and oxygen atoms in total. The van der Waals surface area contributed by atoms with Gasteiger partial charge < -0.3 is 4.57 Å². The minimum atomic E-state index is -0.0983. The Labute approximate surface area is 287 Å². The lowest BCUT2D eigenvalue weighted by molar-refractivity contribution is 0.578. The van der Waals surface area contributed by atoms with Gasteiger partial charge in [-0.25, -0.2) is 0 Å². The van der Waals surface area contributed by atoms with E-state index in [-0.39, 0.29) is 10.8 Å². The number of hydrogen-bond acceptors (Lipinski definition) is 0. The molecule has 0 N–H and O–H groups in total. The molecule has 1 unspecified atom stereocenters. The summed E-state index contributed by atoms with van der Waals surface area (Å²) in [4.78, 5) is 0. The van der Waals surface area contributed by atoms with E-state index in [1.54, 1.807) is 5.57 Å². The molecule has 49 heavy (non-hydrogen) atoms. The van der Waals surface area contributed by atoms with Gasteiger partial charge in [-0.15, -0.1) is 0 Å². The van der Waals surface area contributed by atoms with Gasteiger partial charge in [-0.3, -0.25) is 0 Å². The molecule has 0 radical (unpaired) electrons. The van der Waals surface area contributed by atoms with Crippen LogP contribution in [0.25, 0.3) is 55.3 Å². The minimum absolute atomic E-state index is 0.0130. The van der Waals surface area contributed by atoms with E-state index < -0.39 is 0 Å². The Balaban J connectivity index is 1.07. The van der Waals surface area contributed by atoms with Gasteiger partial charge in [0.15, 0.2) is 0 Å². The van der Waals surface area contributed by atoms with Gasteiger partial charge in [0.2, 0.25) is 0 Å². The first-order valence-corrected chi connectivity index (χ1v) is 17.8. The van der Waals surface area contributed by atoms with Crippen molar-refractivity contribution < 1.29 is 0 Å². The van der Waals surface area contributed by atoms with Crippen molar-refractivity contribution in [3.05, 3.63) is 178 Å². The average Bonchev–Trinajstić information content (AvgIpc) is 3.83. The Morgan fingerprint density at radius 1 is 0.571 bits per heavy atom. The van der Waals surface area contributed by atoms with Gasteiger partial charge in [0, 0.05) is 27.3 Å². The molecule has 0 aliphatic heterocycles. The topological polar surface area (TPSA) is 4.93 Å². The van der Waals surface area contributed by atoms with Gasteiger partial charge >= 0.3 is 0 Å². The molecule has 0 fully saturated rings. The van der Waals surface area contributed by atoms with Crippen LogP contribution in [0, 0.1) is 0 Å². The highest BCUT2D eigenvalue weighted by molar-refractivity contribution is 6.13. The fourth-order valence-electron chi connectivity index (χ4n) is 10.2. The number of fused-ring (bicyclic) bond motifs is 13. The molecule has 0 amide bonds. The average molecular weight is 628 g/mol. The molecule has 4 aliphatic carbocycles. The number of allylic oxidation sites excluding steroid dienone is 4. The monoisotopic (exact) mass is 627 g/mol. The molecule has 1 aromatic heterocycles. The normalized spacial score (nSPS) is 19.2. The van der Waals surface area contributed by atoms with Gasteiger partial charge in [-0.05, 0) is 104 Å². The third-order valence-corrected chi connectivity index (χ3v) is 12.6. The maximum Gasteiger partial charge on any atom is 0.0588 e. The first kappa shape index (κ1) is 27.5. The van der Waals surface area contributed by atoms with Crippen LogP contribution >= 0.6 is 0 Å². The van der Waals surface area contributed by atoms with Crippen LogP contribution < -0.4 is 0 Å². The van der Waals surface area contributed by atoms with Crippen LogP contribution in [-0.2, 0) is 23.7 Å². The van der Waals surface area contributed by atoms with Crippen molar-refractivity contribution in [2.24, 2.45) is 0 Å². The van der Waals surface area contributed by atoms with Crippen molar-refractivity contribution in [2.75, 3.05) is 0 Å². The molecular formula is C48H37N. The van der Waals surface area contributed by atoms with E-state index in [1.165, 1.54) is 94.3 Å². The second-order valence-corrected chi connectivity index (χ2v) is 15.5. The first-order chi connectivity index (χ1) is 23.9. The van der Waals surface area contributed by atoms with E-state index in [0.29, 0.717) is 0 Å². The molecule has 0 saturated heterocycles. The molecule has 1 heterocycles. The summed E-state index contributed by atoms with van der Waals surface area (Å²) in [5.41, 5.74) is 22.4. The van der Waals surface area contributed by atoms with Crippen molar-refractivity contribution in [1.82, 2.24) is 4.57 Å². The van der Waals surface area contributed by atoms with Gasteiger partial charge in [0.25, 0.3) is 0 Å². The van der Waals surface area contributed by atoms with E-state index in [4.69, 9.17) is 0 Å². The van der Waals surface area contributed by atoms with Crippen molar-refractivity contribution in [3.8, 4) is 27.9 Å². The zero-order valence-corrected chi connectivity index (χ0v) is 28.3. The molecular weight excluding hydrogens is 591 g/mol. The molecule has 234 valence electrons. The lowest BCUT2D eigenvalue weighted by Crippen LogP contribution is -2.22. The van der Waals surface area contributed by atoms with Gasteiger partial charge in [0.05, 0.1) is 11.0 Å². The van der Waals surface area contributed by atoms with E-state index in [9.17, 15) is 0 Å². The smallest absolute Gasteiger partial charge is 0.0588 e. The fourth-order valence-corrected chi connectivity index (χ4v) is 10.2. The van der Waals surface area contributed by atoms with Crippen LogP contribution in [-0.4, -0.2) is 4.57 Å². The molecule has 0 spiro atoms. The van der Waals surface area contributed by atoms with E-state index in [0.717, 1.165) is 19.3 Å². The molecule has 11 rings (SSSR count). The minimum Gasteiger partial charge on any atom is -0.309 e. The first-order valence-electron chi connectivity index (χ1n) is 17.8. The summed E-state index contributed by atoms with van der Waals surface area (Å²) >= 11 is 0. The van der Waals surface area contributed by atoms with Crippen molar-refractivity contribution in [1.29, 1.82) is 0 Å². The second-order valence-electron chi connectivity index (χ2n) is 15.5. The van der Waals surface area contributed by atoms with Gasteiger partial charge in [-0.2, -0.15) is 0 Å². The fraction of sp³-hybridized carbons (Fsp3) is 0.167. The Kier molecular flexibility index (Phi) is 5.28. The summed E-state index contributed by atoms with van der Waals surface area (Å²) in [5.74, 6) is 0. The highest BCUT2D eigenvalue weighted by atomic mass is 15.0. The van der Waals surface area contributed by atoms with Crippen LogP contribution in [0.15, 0.2) is 139 Å². The summed E-state index contributed by atoms with van der Waals surface area (Å²) in [6.45, 7) is 7.30. The maximum absolute atomic E-state index is 2.58.